The Labute approximate surface area is 141 Å². The third-order valence-electron chi connectivity index (χ3n) is 3.21. The van der Waals surface area contributed by atoms with E-state index in [4.69, 9.17) is 0 Å². The monoisotopic (exact) mass is 377 g/mol. The molecule has 1 amide bonds. The van der Waals surface area contributed by atoms with Gasteiger partial charge in [-0.3, -0.25) is 4.79 Å². The normalized spacial score (nSPS) is 12.2. The lowest BCUT2D eigenvalue weighted by atomic mass is 10.2. The third kappa shape index (κ3) is 4.57. The quantitative estimate of drug-likeness (QED) is 0.858. The molecule has 1 aromatic heterocycles. The highest BCUT2D eigenvalue weighted by atomic mass is 32.2. The van der Waals surface area contributed by atoms with Crippen molar-refractivity contribution in [1.82, 2.24) is 0 Å². The smallest absolute Gasteiger partial charge is 0.322 e. The number of nitrogens with one attached hydrogen (secondary N) is 1. The van der Waals surface area contributed by atoms with Gasteiger partial charge in [0.05, 0.1) is 11.3 Å². The first-order valence-electron chi connectivity index (χ1n) is 6.88. The number of alkyl halides is 3. The molecule has 0 fully saturated rings. The summed E-state index contributed by atoms with van der Waals surface area (Å²) in [7, 11) is -3.18. The second kappa shape index (κ2) is 6.94. The van der Waals surface area contributed by atoms with E-state index in [1.165, 1.54) is 29.6 Å². The molecular formula is C15H14F3NO3S2. The van der Waals surface area contributed by atoms with Crippen LogP contribution in [0.1, 0.15) is 27.7 Å². The Balaban J connectivity index is 2.12. The van der Waals surface area contributed by atoms with Crippen LogP contribution in [0.5, 0.6) is 0 Å². The van der Waals surface area contributed by atoms with Gasteiger partial charge in [0.2, 0.25) is 0 Å². The highest BCUT2D eigenvalue weighted by Gasteiger charge is 2.36. The predicted octanol–water partition coefficient (Wildman–Crippen LogP) is 3.95. The average Bonchev–Trinajstić information content (AvgIpc) is 2.99. The summed E-state index contributed by atoms with van der Waals surface area (Å²) in [5.41, 5.74) is 0.392. The number of rotatable bonds is 5. The number of anilines is 1. The van der Waals surface area contributed by atoms with Crippen LogP contribution in [0.4, 0.5) is 18.9 Å². The maximum absolute atomic E-state index is 12.8. The SMILES string of the molecule is CCS(=O)(=O)Cc1ccc(NC(=O)c2ccsc2C(F)(F)F)cc1. The number of sulfone groups is 1. The fourth-order valence-corrected chi connectivity index (χ4v) is 3.61. The van der Waals surface area contributed by atoms with Gasteiger partial charge >= 0.3 is 6.18 Å². The van der Waals surface area contributed by atoms with Crippen LogP contribution in [-0.2, 0) is 21.8 Å². The summed E-state index contributed by atoms with van der Waals surface area (Å²) in [4.78, 5) is 11.0. The number of halogens is 3. The number of thiophene rings is 1. The highest BCUT2D eigenvalue weighted by Crippen LogP contribution is 2.36. The fraction of sp³-hybridized carbons (Fsp3) is 0.267. The van der Waals surface area contributed by atoms with Gasteiger partial charge in [-0.25, -0.2) is 8.42 Å². The first kappa shape index (κ1) is 18.5. The fourth-order valence-electron chi connectivity index (χ4n) is 1.95. The van der Waals surface area contributed by atoms with Crippen molar-refractivity contribution in [2.24, 2.45) is 0 Å². The van der Waals surface area contributed by atoms with E-state index in [9.17, 15) is 26.4 Å². The van der Waals surface area contributed by atoms with Crippen LogP contribution in [-0.4, -0.2) is 20.1 Å². The number of carbonyl (C=O) groups is 1. The molecule has 0 unspecified atom stereocenters. The molecular weight excluding hydrogens is 363 g/mol. The first-order chi connectivity index (χ1) is 11.1. The second-order valence-corrected chi connectivity index (χ2v) is 8.26. The number of hydrogen-bond acceptors (Lipinski definition) is 4. The summed E-state index contributed by atoms with van der Waals surface area (Å²) >= 11 is 0.454. The van der Waals surface area contributed by atoms with Gasteiger partial charge in [0.1, 0.15) is 4.88 Å². The lowest BCUT2D eigenvalue weighted by Crippen LogP contribution is -2.16. The van der Waals surface area contributed by atoms with Gasteiger partial charge in [0.25, 0.3) is 5.91 Å². The number of amides is 1. The third-order valence-corrected chi connectivity index (χ3v) is 5.82. The molecule has 0 aliphatic heterocycles. The molecule has 2 aromatic rings. The summed E-state index contributed by atoms with van der Waals surface area (Å²) in [6, 6.07) is 7.06. The zero-order chi connectivity index (χ0) is 18.0. The van der Waals surface area contributed by atoms with Crippen molar-refractivity contribution in [1.29, 1.82) is 0 Å². The Morgan fingerprint density at radius 3 is 2.33 bits per heavy atom. The van der Waals surface area contributed by atoms with E-state index >= 15 is 0 Å². The van der Waals surface area contributed by atoms with E-state index in [2.05, 4.69) is 5.32 Å². The van der Waals surface area contributed by atoms with Gasteiger partial charge in [-0.15, -0.1) is 11.3 Å². The minimum absolute atomic E-state index is 0.0177. The minimum Gasteiger partial charge on any atom is -0.322 e. The van der Waals surface area contributed by atoms with Crippen LogP contribution in [0.3, 0.4) is 0 Å². The molecule has 0 saturated carbocycles. The van der Waals surface area contributed by atoms with Gasteiger partial charge in [0, 0.05) is 11.4 Å². The topological polar surface area (TPSA) is 63.2 Å². The summed E-state index contributed by atoms with van der Waals surface area (Å²) in [6.07, 6.45) is -4.58. The maximum Gasteiger partial charge on any atom is 0.426 e. The summed E-state index contributed by atoms with van der Waals surface area (Å²) < 4.78 is 61.5. The van der Waals surface area contributed by atoms with Crippen LogP contribution in [0, 0.1) is 0 Å². The molecule has 0 saturated heterocycles. The minimum atomic E-state index is -4.58. The molecule has 2 rings (SSSR count). The van der Waals surface area contributed by atoms with Gasteiger partial charge < -0.3 is 5.32 Å². The van der Waals surface area contributed by atoms with Gasteiger partial charge in [-0.05, 0) is 29.1 Å². The van der Waals surface area contributed by atoms with Crippen molar-refractivity contribution in [2.45, 2.75) is 18.9 Å². The molecule has 130 valence electrons. The highest BCUT2D eigenvalue weighted by molar-refractivity contribution is 7.90. The van der Waals surface area contributed by atoms with Crippen LogP contribution >= 0.6 is 11.3 Å². The van der Waals surface area contributed by atoms with Crippen molar-refractivity contribution >= 4 is 32.8 Å². The standard InChI is InChI=1S/C15H14F3NO3S2/c1-2-24(21,22)9-10-3-5-11(6-4-10)19-14(20)12-7-8-23-13(12)15(16,17)18/h3-8H,2,9H2,1H3,(H,19,20). The molecule has 0 atom stereocenters. The summed E-state index contributed by atoms with van der Waals surface area (Å²) in [5, 5.41) is 3.58. The van der Waals surface area contributed by atoms with E-state index in [0.29, 0.717) is 16.9 Å². The number of hydrogen-bond donors (Lipinski definition) is 1. The Morgan fingerprint density at radius 2 is 1.79 bits per heavy atom. The molecule has 1 N–H and O–H groups in total. The van der Waals surface area contributed by atoms with E-state index in [-0.39, 0.29) is 17.2 Å². The Morgan fingerprint density at radius 1 is 1.17 bits per heavy atom. The molecule has 0 radical (unpaired) electrons. The van der Waals surface area contributed by atoms with Crippen LogP contribution in [0.2, 0.25) is 0 Å². The van der Waals surface area contributed by atoms with E-state index in [1.807, 2.05) is 0 Å². The van der Waals surface area contributed by atoms with E-state index in [0.717, 1.165) is 6.07 Å². The van der Waals surface area contributed by atoms with Crippen LogP contribution < -0.4 is 5.32 Å². The molecule has 0 aliphatic carbocycles. The van der Waals surface area contributed by atoms with Crippen molar-refractivity contribution in [3.05, 3.63) is 51.7 Å². The zero-order valence-corrected chi connectivity index (χ0v) is 14.2. The van der Waals surface area contributed by atoms with Gasteiger partial charge in [0.15, 0.2) is 9.84 Å². The molecule has 9 heteroatoms. The largest absolute Gasteiger partial charge is 0.426 e. The molecule has 1 aromatic carbocycles. The lowest BCUT2D eigenvalue weighted by Gasteiger charge is -2.09. The lowest BCUT2D eigenvalue weighted by molar-refractivity contribution is -0.134. The van der Waals surface area contributed by atoms with Crippen molar-refractivity contribution in [3.8, 4) is 0 Å². The Kier molecular flexibility index (Phi) is 5.34. The Hall–Kier alpha value is -1.87. The zero-order valence-electron chi connectivity index (χ0n) is 12.6. The molecule has 4 nitrogen and oxygen atoms in total. The van der Waals surface area contributed by atoms with Crippen molar-refractivity contribution < 1.29 is 26.4 Å². The molecule has 24 heavy (non-hydrogen) atoms. The second-order valence-electron chi connectivity index (χ2n) is 4.99. The van der Waals surface area contributed by atoms with Crippen molar-refractivity contribution in [2.75, 3.05) is 11.1 Å². The molecule has 0 spiro atoms. The molecule has 1 heterocycles. The van der Waals surface area contributed by atoms with Crippen molar-refractivity contribution in [3.63, 3.8) is 0 Å². The number of benzene rings is 1. The predicted molar refractivity (Wildman–Crippen MR) is 86.9 cm³/mol. The van der Waals surface area contributed by atoms with Crippen LogP contribution in [0.25, 0.3) is 0 Å². The van der Waals surface area contributed by atoms with E-state index in [1.54, 1.807) is 6.92 Å². The molecule has 0 aliphatic rings. The summed E-state index contributed by atoms with van der Waals surface area (Å²) in [6.45, 7) is 1.54. The summed E-state index contributed by atoms with van der Waals surface area (Å²) in [5.74, 6) is -0.970. The maximum atomic E-state index is 12.8. The van der Waals surface area contributed by atoms with Crippen LogP contribution in [0.15, 0.2) is 35.7 Å². The average molecular weight is 377 g/mol. The Bertz CT molecular complexity index is 824. The molecule has 0 bridgehead atoms. The van der Waals surface area contributed by atoms with Gasteiger partial charge in [-0.1, -0.05) is 19.1 Å². The van der Waals surface area contributed by atoms with E-state index < -0.39 is 32.4 Å². The number of carbonyl (C=O) groups excluding carboxylic acids is 1. The first-order valence-corrected chi connectivity index (χ1v) is 9.58. The van der Waals surface area contributed by atoms with Gasteiger partial charge in [-0.2, -0.15) is 13.2 Å².